The number of likely N-dealkylation sites (tertiary alicyclic amines) is 1. The van der Waals surface area contributed by atoms with Crippen molar-refractivity contribution in [3.05, 3.63) is 71.8 Å². The van der Waals surface area contributed by atoms with Crippen molar-refractivity contribution in [3.63, 3.8) is 0 Å². The minimum absolute atomic E-state index is 0.184. The zero-order valence-corrected chi connectivity index (χ0v) is 23.9. The zero-order valence-electron chi connectivity index (χ0n) is 23.9. The Kier molecular flexibility index (Phi) is 7.08. The molecule has 2 aliphatic heterocycles. The molecule has 0 radical (unpaired) electrons. The minimum atomic E-state index is -4.82. The van der Waals surface area contributed by atoms with Crippen LogP contribution in [-0.4, -0.2) is 77.1 Å². The van der Waals surface area contributed by atoms with Crippen LogP contribution in [0.1, 0.15) is 42.9 Å². The molecular formula is C32H33F3N2O6. The van der Waals surface area contributed by atoms with Gasteiger partial charge in [-0.2, -0.15) is 0 Å². The summed E-state index contributed by atoms with van der Waals surface area (Å²) in [5, 5.41) is 12.6. The van der Waals surface area contributed by atoms with Crippen molar-refractivity contribution >= 4 is 18.0 Å². The van der Waals surface area contributed by atoms with Crippen LogP contribution in [0.2, 0.25) is 0 Å². The summed E-state index contributed by atoms with van der Waals surface area (Å²) < 4.78 is 54.2. The molecule has 1 N–H and O–H groups in total. The first-order valence-electron chi connectivity index (χ1n) is 14.3. The highest BCUT2D eigenvalue weighted by atomic mass is 19.4. The van der Waals surface area contributed by atoms with Crippen LogP contribution in [0.3, 0.4) is 0 Å². The van der Waals surface area contributed by atoms with Gasteiger partial charge < -0.3 is 24.2 Å². The lowest BCUT2D eigenvalue weighted by Gasteiger charge is -2.64. The Balaban J connectivity index is 1.34. The largest absolute Gasteiger partial charge is 0.573 e. The molecule has 43 heavy (non-hydrogen) atoms. The number of likely N-dealkylation sites (N-methyl/N-ethyl adjacent to an activating group) is 1. The lowest BCUT2D eigenvalue weighted by molar-refractivity contribution is -0.274. The number of alkyl halides is 3. The predicted octanol–water partition coefficient (Wildman–Crippen LogP) is 4.39. The van der Waals surface area contributed by atoms with E-state index in [2.05, 4.69) is 16.2 Å². The summed E-state index contributed by atoms with van der Waals surface area (Å²) in [5.41, 5.74) is 0.258. The molecule has 6 rings (SSSR count). The first-order chi connectivity index (χ1) is 20.4. The number of nitrogens with zero attached hydrogens (tertiary/aromatic N) is 2. The molecule has 2 aromatic carbocycles. The fourth-order valence-corrected chi connectivity index (χ4v) is 7.87. The topological polar surface area (TPSA) is 88.5 Å². The molecule has 1 saturated heterocycles. The predicted molar refractivity (Wildman–Crippen MR) is 151 cm³/mol. The number of esters is 1. The third-order valence-corrected chi connectivity index (χ3v) is 9.50. The van der Waals surface area contributed by atoms with E-state index in [4.69, 9.17) is 9.47 Å². The average molecular weight is 599 g/mol. The van der Waals surface area contributed by atoms with Crippen LogP contribution < -0.4 is 14.2 Å². The van der Waals surface area contributed by atoms with Crippen LogP contribution in [0, 0.1) is 0 Å². The summed E-state index contributed by atoms with van der Waals surface area (Å²) >= 11 is 0. The normalized spacial score (nSPS) is 29.0. The van der Waals surface area contributed by atoms with E-state index in [1.807, 2.05) is 12.1 Å². The monoisotopic (exact) mass is 598 g/mol. The molecule has 2 heterocycles. The van der Waals surface area contributed by atoms with Crippen molar-refractivity contribution in [1.82, 2.24) is 9.80 Å². The highest BCUT2D eigenvalue weighted by Crippen LogP contribution is 2.66. The zero-order chi connectivity index (χ0) is 30.7. The van der Waals surface area contributed by atoms with Crippen LogP contribution in [0.5, 0.6) is 17.2 Å². The fourth-order valence-electron chi connectivity index (χ4n) is 7.87. The van der Waals surface area contributed by atoms with Gasteiger partial charge in [0.2, 0.25) is 5.91 Å². The minimum Gasteiger partial charge on any atom is -0.483 e. The van der Waals surface area contributed by atoms with Crippen LogP contribution in [0.4, 0.5) is 13.2 Å². The quantitative estimate of drug-likeness (QED) is 0.219. The Hall–Kier alpha value is -3.83. The number of piperidine rings is 1. The van der Waals surface area contributed by atoms with E-state index in [1.165, 1.54) is 37.3 Å². The number of aliphatic hydroxyl groups is 1. The second-order valence-electron chi connectivity index (χ2n) is 11.7. The van der Waals surface area contributed by atoms with E-state index in [9.17, 15) is 27.9 Å². The lowest BCUT2D eigenvalue weighted by atomic mass is 9.48. The number of carbonyl (C=O) groups is 2. The second-order valence-corrected chi connectivity index (χ2v) is 11.7. The number of ether oxygens (including phenoxy) is 3. The number of amides is 1. The molecule has 2 bridgehead atoms. The number of carbonyl (C=O) groups excluding carboxylic acids is 2. The Morgan fingerprint density at radius 1 is 1.26 bits per heavy atom. The Bertz CT molecular complexity index is 1510. The van der Waals surface area contributed by atoms with Crippen molar-refractivity contribution in [2.75, 3.05) is 20.1 Å². The molecule has 1 spiro atoms. The summed E-state index contributed by atoms with van der Waals surface area (Å²) in [5.74, 6) is -0.511. The van der Waals surface area contributed by atoms with Gasteiger partial charge in [0.25, 0.3) is 0 Å². The van der Waals surface area contributed by atoms with Gasteiger partial charge in [-0.25, -0.2) is 0 Å². The summed E-state index contributed by atoms with van der Waals surface area (Å²) in [4.78, 5) is 29.3. The third kappa shape index (κ3) is 4.69. The van der Waals surface area contributed by atoms with Gasteiger partial charge in [-0.15, -0.1) is 19.8 Å². The van der Waals surface area contributed by atoms with Crippen molar-refractivity contribution in [2.24, 2.45) is 0 Å². The molecule has 0 aromatic heterocycles. The van der Waals surface area contributed by atoms with Crippen molar-refractivity contribution in [1.29, 1.82) is 0 Å². The maximum absolute atomic E-state index is 13.5. The molecule has 2 fully saturated rings. The van der Waals surface area contributed by atoms with Gasteiger partial charge in [-0.1, -0.05) is 24.3 Å². The van der Waals surface area contributed by atoms with Gasteiger partial charge >= 0.3 is 12.3 Å². The van der Waals surface area contributed by atoms with Gasteiger partial charge in [-0.3, -0.25) is 14.5 Å². The van der Waals surface area contributed by atoms with Crippen LogP contribution in [0.15, 0.2) is 55.1 Å². The molecule has 8 nitrogen and oxygen atoms in total. The summed E-state index contributed by atoms with van der Waals surface area (Å²) in [6.07, 6.45) is 1.19. The van der Waals surface area contributed by atoms with Gasteiger partial charge in [0.1, 0.15) is 11.9 Å². The maximum atomic E-state index is 13.5. The van der Waals surface area contributed by atoms with Crippen LogP contribution in [0.25, 0.3) is 6.08 Å². The molecule has 1 amide bonds. The van der Waals surface area contributed by atoms with E-state index in [0.29, 0.717) is 50.1 Å². The van der Waals surface area contributed by atoms with E-state index in [0.717, 1.165) is 11.1 Å². The fraction of sp³-hybridized carbons (Fsp3) is 0.438. The number of benzene rings is 2. The molecule has 5 atom stereocenters. The molecule has 11 heteroatoms. The highest BCUT2D eigenvalue weighted by Gasteiger charge is 2.73. The van der Waals surface area contributed by atoms with Crippen LogP contribution in [-0.2, 0) is 21.4 Å². The summed E-state index contributed by atoms with van der Waals surface area (Å²) in [6.45, 7) is 6.54. The SMILES string of the molecule is C=CCN1CC[C@]23c4c5ccc(OC(C)=O)c4O[C@H]2[C@H](N(C)C(=O)C=Cc2cccc(OC(F)(F)F)c2)CC[C@@]3(O)[C@H]1C5. The van der Waals surface area contributed by atoms with Gasteiger partial charge in [0.05, 0.1) is 17.1 Å². The Morgan fingerprint density at radius 3 is 2.77 bits per heavy atom. The molecule has 1 saturated carbocycles. The Morgan fingerprint density at radius 2 is 2.05 bits per heavy atom. The molecule has 0 unspecified atom stereocenters. The number of hydrogen-bond acceptors (Lipinski definition) is 7. The first-order valence-corrected chi connectivity index (χ1v) is 14.3. The lowest BCUT2D eigenvalue weighted by Crippen LogP contribution is -2.78. The van der Waals surface area contributed by atoms with E-state index >= 15 is 0 Å². The third-order valence-electron chi connectivity index (χ3n) is 9.50. The molecular weight excluding hydrogens is 565 g/mol. The first kappa shape index (κ1) is 29.3. The van der Waals surface area contributed by atoms with Crippen molar-refractivity contribution < 1.29 is 42.1 Å². The van der Waals surface area contributed by atoms with Gasteiger partial charge in [0, 0.05) is 38.2 Å². The Labute approximate surface area is 247 Å². The standard InChI is InChI=1S/C32H33F3N2O6/c1-4-15-37-16-14-30-27-21-9-10-24(41-19(2)38)28(27)42-29(30)23(12-13-31(30,40)25(37)18-21)36(3)26(39)11-8-20-6-5-7-22(17-20)43-32(33,34)35/h4-11,17,23,25,29,40H,1,12-16,18H2,2-3H3/t23-,25-,29+,30+,31-/m1/s1. The van der Waals surface area contributed by atoms with E-state index in [-0.39, 0.29) is 23.4 Å². The summed E-state index contributed by atoms with van der Waals surface area (Å²) in [6, 6.07) is 8.41. The molecule has 4 aliphatic rings. The van der Waals surface area contributed by atoms with Crippen LogP contribution >= 0.6 is 0 Å². The number of hydrogen-bond donors (Lipinski definition) is 1. The maximum Gasteiger partial charge on any atom is 0.573 e. The van der Waals surface area contributed by atoms with E-state index < -0.39 is 35.5 Å². The number of halogens is 3. The van der Waals surface area contributed by atoms with Gasteiger partial charge in [-0.05, 0) is 67.6 Å². The smallest absolute Gasteiger partial charge is 0.483 e. The number of rotatable bonds is 7. The van der Waals surface area contributed by atoms with Crippen molar-refractivity contribution in [2.45, 2.75) is 68.2 Å². The summed E-state index contributed by atoms with van der Waals surface area (Å²) in [7, 11) is 1.66. The average Bonchev–Trinajstić information content (AvgIpc) is 3.29. The van der Waals surface area contributed by atoms with Gasteiger partial charge in [0.15, 0.2) is 11.5 Å². The molecule has 2 aliphatic carbocycles. The second kappa shape index (κ2) is 10.4. The molecule has 228 valence electrons. The molecule has 2 aromatic rings. The van der Waals surface area contributed by atoms with Crippen molar-refractivity contribution in [3.8, 4) is 17.2 Å². The highest BCUT2D eigenvalue weighted by molar-refractivity contribution is 5.92. The van der Waals surface area contributed by atoms with E-state index in [1.54, 1.807) is 24.1 Å².